The number of ether oxygens (including phenoxy) is 1. The van der Waals surface area contributed by atoms with Crippen LogP contribution in [0.15, 0.2) is 0 Å². The van der Waals surface area contributed by atoms with E-state index in [1.165, 1.54) is 0 Å². The lowest BCUT2D eigenvalue weighted by molar-refractivity contribution is -0.0284. The van der Waals surface area contributed by atoms with E-state index in [0.717, 1.165) is 6.54 Å². The van der Waals surface area contributed by atoms with E-state index in [-0.39, 0.29) is 6.10 Å². The van der Waals surface area contributed by atoms with E-state index in [0.29, 0.717) is 13.2 Å². The number of nitrogens with one attached hydrogen (secondary N) is 1. The maximum atomic E-state index is 9.48. The van der Waals surface area contributed by atoms with Crippen molar-refractivity contribution in [3.05, 3.63) is 0 Å². The van der Waals surface area contributed by atoms with Crippen LogP contribution in [-0.4, -0.2) is 63.1 Å². The van der Waals surface area contributed by atoms with Crippen molar-refractivity contribution < 1.29 is 9.84 Å². The van der Waals surface area contributed by atoms with Gasteiger partial charge in [-0.3, -0.25) is 0 Å². The van der Waals surface area contributed by atoms with E-state index in [2.05, 4.69) is 10.2 Å². The third-order valence-electron chi connectivity index (χ3n) is 1.87. The highest BCUT2D eigenvalue weighted by molar-refractivity contribution is 4.65. The first-order valence-electron chi connectivity index (χ1n) is 4.67. The lowest BCUT2D eigenvalue weighted by Gasteiger charge is -2.20. The first-order valence-corrected chi connectivity index (χ1v) is 4.67. The average molecular weight is 190 g/mol. The molecule has 0 heterocycles. The van der Waals surface area contributed by atoms with Gasteiger partial charge in [0.05, 0.1) is 18.8 Å². The SMILES string of the molecule is CNCC(O)C(C)OCCN(C)C. The Kier molecular flexibility index (Phi) is 7.17. The summed E-state index contributed by atoms with van der Waals surface area (Å²) >= 11 is 0. The van der Waals surface area contributed by atoms with Crippen LogP contribution in [0.3, 0.4) is 0 Å². The second-order valence-electron chi connectivity index (χ2n) is 3.50. The van der Waals surface area contributed by atoms with Crippen molar-refractivity contribution in [2.75, 3.05) is 40.8 Å². The minimum absolute atomic E-state index is 0.104. The molecule has 4 nitrogen and oxygen atoms in total. The number of likely N-dealkylation sites (N-methyl/N-ethyl adjacent to an activating group) is 2. The van der Waals surface area contributed by atoms with Gasteiger partial charge in [-0.1, -0.05) is 0 Å². The zero-order chi connectivity index (χ0) is 10.3. The summed E-state index contributed by atoms with van der Waals surface area (Å²) in [5.74, 6) is 0. The summed E-state index contributed by atoms with van der Waals surface area (Å²) in [5, 5.41) is 12.4. The van der Waals surface area contributed by atoms with Crippen LogP contribution < -0.4 is 5.32 Å². The van der Waals surface area contributed by atoms with Gasteiger partial charge in [-0.2, -0.15) is 0 Å². The first kappa shape index (κ1) is 12.8. The van der Waals surface area contributed by atoms with Crippen molar-refractivity contribution in [2.45, 2.75) is 19.1 Å². The zero-order valence-electron chi connectivity index (χ0n) is 9.08. The van der Waals surface area contributed by atoms with Crippen molar-refractivity contribution in [3.8, 4) is 0 Å². The Morgan fingerprint density at radius 3 is 2.54 bits per heavy atom. The number of rotatable bonds is 7. The molecule has 0 radical (unpaired) electrons. The van der Waals surface area contributed by atoms with Gasteiger partial charge in [0.25, 0.3) is 0 Å². The number of hydrogen-bond donors (Lipinski definition) is 2. The summed E-state index contributed by atoms with van der Waals surface area (Å²) < 4.78 is 5.44. The molecule has 2 N–H and O–H groups in total. The minimum Gasteiger partial charge on any atom is -0.389 e. The number of nitrogens with zero attached hydrogens (tertiary/aromatic N) is 1. The molecule has 0 aromatic rings. The molecule has 4 heteroatoms. The predicted octanol–water partition coefficient (Wildman–Crippen LogP) is -0.467. The molecule has 0 bridgehead atoms. The van der Waals surface area contributed by atoms with E-state index in [9.17, 15) is 5.11 Å². The lowest BCUT2D eigenvalue weighted by atomic mass is 10.2. The predicted molar refractivity (Wildman–Crippen MR) is 53.9 cm³/mol. The van der Waals surface area contributed by atoms with E-state index in [1.54, 1.807) is 0 Å². The fraction of sp³-hybridized carbons (Fsp3) is 1.00. The highest BCUT2D eigenvalue weighted by Gasteiger charge is 2.12. The van der Waals surface area contributed by atoms with Gasteiger partial charge in [-0.25, -0.2) is 0 Å². The summed E-state index contributed by atoms with van der Waals surface area (Å²) in [4.78, 5) is 2.05. The van der Waals surface area contributed by atoms with Crippen molar-refractivity contribution in [3.63, 3.8) is 0 Å². The molecule has 0 saturated heterocycles. The Morgan fingerprint density at radius 2 is 2.08 bits per heavy atom. The van der Waals surface area contributed by atoms with E-state index in [4.69, 9.17) is 4.74 Å². The van der Waals surface area contributed by atoms with Gasteiger partial charge in [-0.15, -0.1) is 0 Å². The summed E-state index contributed by atoms with van der Waals surface area (Å²) in [6, 6.07) is 0. The quantitative estimate of drug-likeness (QED) is 0.570. The topological polar surface area (TPSA) is 44.7 Å². The maximum absolute atomic E-state index is 9.48. The molecular weight excluding hydrogens is 168 g/mol. The molecule has 0 rings (SSSR count). The number of hydrogen-bond acceptors (Lipinski definition) is 4. The van der Waals surface area contributed by atoms with Crippen LogP contribution in [0, 0.1) is 0 Å². The fourth-order valence-corrected chi connectivity index (χ4v) is 0.907. The number of aliphatic hydroxyl groups excluding tert-OH is 1. The molecule has 0 aliphatic rings. The largest absolute Gasteiger partial charge is 0.389 e. The van der Waals surface area contributed by atoms with Crippen LogP contribution in [0.25, 0.3) is 0 Å². The average Bonchev–Trinajstić information content (AvgIpc) is 2.04. The molecule has 2 unspecified atom stereocenters. The Hall–Kier alpha value is -0.160. The zero-order valence-corrected chi connectivity index (χ0v) is 9.08. The monoisotopic (exact) mass is 190 g/mol. The van der Waals surface area contributed by atoms with Gasteiger partial charge >= 0.3 is 0 Å². The Balaban J connectivity index is 3.43. The second kappa shape index (κ2) is 7.26. The molecule has 0 spiro atoms. The lowest BCUT2D eigenvalue weighted by Crippen LogP contribution is -2.36. The Labute approximate surface area is 80.9 Å². The highest BCUT2D eigenvalue weighted by Crippen LogP contribution is 1.97. The third kappa shape index (κ3) is 6.95. The Morgan fingerprint density at radius 1 is 1.46 bits per heavy atom. The van der Waals surface area contributed by atoms with Crippen molar-refractivity contribution in [1.29, 1.82) is 0 Å². The Bertz CT molecular complexity index is 120. The van der Waals surface area contributed by atoms with Gasteiger partial charge < -0.3 is 20.1 Å². The van der Waals surface area contributed by atoms with Crippen LogP contribution in [0.4, 0.5) is 0 Å². The van der Waals surface area contributed by atoms with E-state index in [1.807, 2.05) is 28.1 Å². The van der Waals surface area contributed by atoms with E-state index < -0.39 is 6.10 Å². The molecule has 2 atom stereocenters. The van der Waals surface area contributed by atoms with E-state index >= 15 is 0 Å². The molecule has 0 aliphatic heterocycles. The third-order valence-corrected chi connectivity index (χ3v) is 1.87. The van der Waals surface area contributed by atoms with Crippen LogP contribution in [0.5, 0.6) is 0 Å². The van der Waals surface area contributed by atoms with Crippen LogP contribution in [-0.2, 0) is 4.74 Å². The van der Waals surface area contributed by atoms with Crippen LogP contribution >= 0.6 is 0 Å². The summed E-state index contributed by atoms with van der Waals surface area (Å²) in [6.45, 7) is 4.01. The number of aliphatic hydroxyl groups is 1. The van der Waals surface area contributed by atoms with Crippen LogP contribution in [0.2, 0.25) is 0 Å². The summed E-state index contributed by atoms with van der Waals surface area (Å²) in [6.07, 6.45) is -0.528. The highest BCUT2D eigenvalue weighted by atomic mass is 16.5. The molecule has 0 aromatic heterocycles. The summed E-state index contributed by atoms with van der Waals surface area (Å²) in [7, 11) is 5.81. The smallest absolute Gasteiger partial charge is 0.0922 e. The van der Waals surface area contributed by atoms with Crippen LogP contribution in [0.1, 0.15) is 6.92 Å². The molecular formula is C9H22N2O2. The van der Waals surface area contributed by atoms with Crippen molar-refractivity contribution in [1.82, 2.24) is 10.2 Å². The van der Waals surface area contributed by atoms with Crippen molar-refractivity contribution >= 4 is 0 Å². The maximum Gasteiger partial charge on any atom is 0.0922 e. The molecule has 0 aromatic carbocycles. The minimum atomic E-state index is -0.424. The molecule has 13 heavy (non-hydrogen) atoms. The first-order chi connectivity index (χ1) is 6.07. The molecule has 80 valence electrons. The molecule has 0 amide bonds. The van der Waals surface area contributed by atoms with Gasteiger partial charge in [0.2, 0.25) is 0 Å². The van der Waals surface area contributed by atoms with Gasteiger partial charge in [0.15, 0.2) is 0 Å². The standard InChI is InChI=1S/C9H22N2O2/c1-8(9(12)7-10-2)13-6-5-11(3)4/h8-10,12H,5-7H2,1-4H3. The van der Waals surface area contributed by atoms with Gasteiger partial charge in [-0.05, 0) is 28.1 Å². The fourth-order valence-electron chi connectivity index (χ4n) is 0.907. The summed E-state index contributed by atoms with van der Waals surface area (Å²) in [5.41, 5.74) is 0. The normalized spacial score (nSPS) is 16.2. The molecule has 0 saturated carbocycles. The molecule has 0 fully saturated rings. The molecule has 0 aliphatic carbocycles. The van der Waals surface area contributed by atoms with Crippen molar-refractivity contribution in [2.24, 2.45) is 0 Å². The second-order valence-corrected chi connectivity index (χ2v) is 3.50. The van der Waals surface area contributed by atoms with Gasteiger partial charge in [0.1, 0.15) is 0 Å². The van der Waals surface area contributed by atoms with Gasteiger partial charge in [0, 0.05) is 13.1 Å².